The Labute approximate surface area is 256 Å². The van der Waals surface area contributed by atoms with Gasteiger partial charge in [-0.2, -0.15) is 16.8 Å². The van der Waals surface area contributed by atoms with Crippen LogP contribution in [0.3, 0.4) is 0 Å². The van der Waals surface area contributed by atoms with Crippen LogP contribution in [0.4, 0.5) is 11.4 Å². The third-order valence-corrected chi connectivity index (χ3v) is 9.18. The molecule has 0 atom stereocenters. The maximum atomic E-state index is 13.0. The second kappa shape index (κ2) is 11.7. The van der Waals surface area contributed by atoms with Gasteiger partial charge < -0.3 is 19.3 Å². The predicted octanol–water partition coefficient (Wildman–Crippen LogP) is 1.56. The van der Waals surface area contributed by atoms with E-state index in [2.05, 4.69) is 29.0 Å². The van der Waals surface area contributed by atoms with Crippen LogP contribution in [0.5, 0.6) is 11.9 Å². The first-order valence-corrected chi connectivity index (χ1v) is 16.1. The van der Waals surface area contributed by atoms with Crippen LogP contribution in [0.15, 0.2) is 128 Å². The molecule has 0 spiro atoms. The average molecular weight is 647 g/mol. The molecule has 14 nitrogen and oxygen atoms in total. The van der Waals surface area contributed by atoms with Crippen molar-refractivity contribution in [2.45, 2.75) is 16.5 Å². The molecule has 0 aliphatic rings. The molecule has 0 saturated heterocycles. The zero-order valence-corrected chi connectivity index (χ0v) is 24.6. The standard InChI is InChI=1S/C29H22N6O8S2/c36-28-26(44(38,39)30-22-7-3-1-4-8-22)34(32-42-28)24-15-11-20(12-16-24)19-21-13-17-25(18-14-21)35-27(29(37)43-33-35)45(40,41)31-23-9-5-2-6-10-23/h1-18,30-31H,19H2. The average Bonchev–Trinajstić information content (AvgIpc) is 3.62. The first-order chi connectivity index (χ1) is 21.6. The number of rotatable bonds is 10. The van der Waals surface area contributed by atoms with Gasteiger partial charge in [-0.25, -0.2) is 0 Å². The lowest BCUT2D eigenvalue weighted by atomic mass is 10.0. The first kappa shape index (κ1) is 29.3. The molecule has 4 aromatic carbocycles. The van der Waals surface area contributed by atoms with E-state index < -0.39 is 42.0 Å². The summed E-state index contributed by atoms with van der Waals surface area (Å²) in [5.74, 6) is -2.24. The number of aromatic nitrogens is 4. The molecule has 0 radical (unpaired) electrons. The molecule has 0 aliphatic carbocycles. The van der Waals surface area contributed by atoms with Gasteiger partial charge in [0.15, 0.2) is 11.9 Å². The van der Waals surface area contributed by atoms with Crippen LogP contribution in [0.25, 0.3) is 11.4 Å². The minimum absolute atomic E-state index is 0.267. The second-order valence-corrected chi connectivity index (χ2v) is 12.8. The van der Waals surface area contributed by atoms with Crippen LogP contribution < -0.4 is 29.0 Å². The number of anilines is 2. The van der Waals surface area contributed by atoms with Crippen LogP contribution in [-0.4, -0.2) is 27.4 Å². The van der Waals surface area contributed by atoms with Crippen molar-refractivity contribution < 1.29 is 45.5 Å². The molecule has 0 bridgehead atoms. The highest BCUT2D eigenvalue weighted by molar-refractivity contribution is 7.92. The Balaban J connectivity index is 1.19. The zero-order chi connectivity index (χ0) is 31.6. The molecule has 16 heteroatoms. The van der Waals surface area contributed by atoms with E-state index in [4.69, 9.17) is 0 Å². The largest absolute Gasteiger partial charge is 0.538 e. The number of sulfonamides is 2. The van der Waals surface area contributed by atoms with E-state index in [-0.39, 0.29) is 22.7 Å². The Kier molecular flexibility index (Phi) is 7.65. The van der Waals surface area contributed by atoms with Gasteiger partial charge in [0.25, 0.3) is 0 Å². The zero-order valence-electron chi connectivity index (χ0n) is 23.0. The maximum Gasteiger partial charge on any atom is 0.373 e. The van der Waals surface area contributed by atoms with Crippen molar-refractivity contribution >= 4 is 31.4 Å². The molecule has 6 aromatic rings. The van der Waals surface area contributed by atoms with Gasteiger partial charge in [-0.15, -0.1) is 0 Å². The van der Waals surface area contributed by atoms with E-state index in [0.29, 0.717) is 6.42 Å². The molecule has 2 aromatic heterocycles. The van der Waals surface area contributed by atoms with E-state index in [9.17, 15) is 27.0 Å². The Bertz CT molecular complexity index is 2010. The molecule has 2 N–H and O–H groups in total. The SMILES string of the molecule is O=S(=O)(Nc1ccccc1)c1c([O-])on[n+]1-c1ccc(Cc2ccc(-[n+]3noc([O-])c3S(=O)(=O)Nc3ccccc3)cc2)cc1. The summed E-state index contributed by atoms with van der Waals surface area (Å²) in [6, 6.07) is 29.4. The van der Waals surface area contributed by atoms with E-state index >= 15 is 0 Å². The van der Waals surface area contributed by atoms with E-state index in [1.54, 1.807) is 84.9 Å². The molecular weight excluding hydrogens is 624 g/mol. The monoisotopic (exact) mass is 646 g/mol. The van der Waals surface area contributed by atoms with Gasteiger partial charge >= 0.3 is 30.1 Å². The van der Waals surface area contributed by atoms with Gasteiger partial charge in [0.1, 0.15) is 0 Å². The van der Waals surface area contributed by atoms with E-state index in [1.165, 1.54) is 24.3 Å². The molecule has 6 rings (SSSR count). The molecule has 0 fully saturated rings. The maximum absolute atomic E-state index is 13.0. The summed E-state index contributed by atoms with van der Waals surface area (Å²) in [5.41, 5.74) is 2.75. The van der Waals surface area contributed by atoms with Crippen LogP contribution >= 0.6 is 0 Å². The van der Waals surface area contributed by atoms with Crippen molar-refractivity contribution in [2.75, 3.05) is 9.44 Å². The number of para-hydroxylation sites is 2. The Hall–Kier alpha value is -5.74. The molecule has 0 saturated carbocycles. The van der Waals surface area contributed by atoms with Crippen LogP contribution in [0.1, 0.15) is 11.1 Å². The number of hydrogen-bond acceptors (Lipinski definition) is 10. The van der Waals surface area contributed by atoms with Gasteiger partial charge in [0, 0.05) is 35.6 Å². The number of hydrogen-bond donors (Lipinski definition) is 2. The summed E-state index contributed by atoms with van der Waals surface area (Å²) in [7, 11) is -8.65. The quantitative estimate of drug-likeness (QED) is 0.206. The lowest BCUT2D eigenvalue weighted by Gasteiger charge is -2.06. The molecule has 0 unspecified atom stereocenters. The summed E-state index contributed by atoms with van der Waals surface area (Å²) >= 11 is 0. The highest BCUT2D eigenvalue weighted by Crippen LogP contribution is 2.22. The molecule has 45 heavy (non-hydrogen) atoms. The fourth-order valence-corrected chi connectivity index (χ4v) is 6.75. The van der Waals surface area contributed by atoms with Gasteiger partial charge in [-0.05, 0) is 51.2 Å². The van der Waals surface area contributed by atoms with Crippen molar-refractivity contribution in [3.8, 4) is 23.3 Å². The summed E-state index contributed by atoms with van der Waals surface area (Å²) < 4.78 is 67.7. The highest BCUT2D eigenvalue weighted by Gasteiger charge is 2.35. The lowest BCUT2D eigenvalue weighted by Crippen LogP contribution is -2.40. The van der Waals surface area contributed by atoms with E-state index in [1.807, 2.05) is 0 Å². The summed E-state index contributed by atoms with van der Waals surface area (Å²) in [6.45, 7) is 0. The second-order valence-electron chi connectivity index (χ2n) is 9.61. The van der Waals surface area contributed by atoms with Crippen molar-refractivity contribution in [3.05, 3.63) is 120 Å². The van der Waals surface area contributed by atoms with Gasteiger partial charge in [0.2, 0.25) is 11.4 Å². The van der Waals surface area contributed by atoms with Crippen LogP contribution in [0.2, 0.25) is 0 Å². The molecule has 228 valence electrons. The Morgan fingerprint density at radius 3 is 1.27 bits per heavy atom. The van der Waals surface area contributed by atoms with Crippen molar-refractivity contribution in [3.63, 3.8) is 0 Å². The van der Waals surface area contributed by atoms with Gasteiger partial charge in [0.05, 0.1) is 10.5 Å². The van der Waals surface area contributed by atoms with E-state index in [0.717, 1.165) is 20.5 Å². The Morgan fingerprint density at radius 2 is 0.911 bits per heavy atom. The van der Waals surface area contributed by atoms with Gasteiger partial charge in [-0.3, -0.25) is 9.44 Å². The number of nitrogens with one attached hydrogen (secondary N) is 2. The van der Waals surface area contributed by atoms with Crippen molar-refractivity contribution in [2.24, 2.45) is 0 Å². The third kappa shape index (κ3) is 6.17. The number of benzene rings is 4. The molecular formula is C29H22N6O8S2. The molecule has 0 amide bonds. The van der Waals surface area contributed by atoms with Crippen molar-refractivity contribution in [1.29, 1.82) is 0 Å². The fourth-order valence-electron chi connectivity index (χ4n) is 4.42. The summed E-state index contributed by atoms with van der Waals surface area (Å²) in [6.07, 6.45) is 0.439. The minimum Gasteiger partial charge on any atom is -0.538 e. The highest BCUT2D eigenvalue weighted by atomic mass is 32.2. The normalized spacial score (nSPS) is 11.7. The van der Waals surface area contributed by atoms with Crippen LogP contribution in [-0.2, 0) is 26.5 Å². The fraction of sp³-hybridized carbons (Fsp3) is 0.0345. The first-order valence-electron chi connectivity index (χ1n) is 13.1. The number of nitrogens with zero attached hydrogens (tertiary/aromatic N) is 4. The summed E-state index contributed by atoms with van der Waals surface area (Å²) in [4.78, 5) is 0. The third-order valence-electron chi connectivity index (χ3n) is 6.48. The minimum atomic E-state index is -4.32. The van der Waals surface area contributed by atoms with Gasteiger partial charge in [-0.1, -0.05) is 60.7 Å². The lowest BCUT2D eigenvalue weighted by molar-refractivity contribution is -0.706. The molecule has 2 heterocycles. The predicted molar refractivity (Wildman–Crippen MR) is 152 cm³/mol. The summed E-state index contributed by atoms with van der Waals surface area (Å²) in [5, 5.41) is 30.5. The Morgan fingerprint density at radius 1 is 0.556 bits per heavy atom. The smallest absolute Gasteiger partial charge is 0.373 e. The van der Waals surface area contributed by atoms with Crippen LogP contribution in [0, 0.1) is 0 Å². The topological polar surface area (TPSA) is 198 Å². The van der Waals surface area contributed by atoms with Crippen molar-refractivity contribution in [1.82, 2.24) is 10.5 Å². The molecule has 0 aliphatic heterocycles.